The van der Waals surface area contributed by atoms with Gasteiger partial charge in [-0.15, -0.1) is 0 Å². The van der Waals surface area contributed by atoms with Crippen LogP contribution in [-0.2, 0) is 9.71 Å². The molecule has 0 saturated heterocycles. The summed E-state index contributed by atoms with van der Waals surface area (Å²) >= 11 is 0. The van der Waals surface area contributed by atoms with Gasteiger partial charge in [-0.1, -0.05) is 6.92 Å². The van der Waals surface area contributed by atoms with Gasteiger partial charge in [0.1, 0.15) is 9.71 Å². The molecule has 0 bridgehead atoms. The van der Waals surface area contributed by atoms with Crippen LogP contribution in [0.4, 0.5) is 13.2 Å². The van der Waals surface area contributed by atoms with Gasteiger partial charge in [0.05, 0.1) is 0 Å². The summed E-state index contributed by atoms with van der Waals surface area (Å²) in [5, 5.41) is 0. The Morgan fingerprint density at radius 3 is 2.13 bits per heavy atom. The van der Waals surface area contributed by atoms with Crippen molar-refractivity contribution in [2.24, 2.45) is 5.92 Å². The fourth-order valence-electron chi connectivity index (χ4n) is 1.71. The summed E-state index contributed by atoms with van der Waals surface area (Å²) in [7, 11) is -4.16. The number of halogens is 3. The van der Waals surface area contributed by atoms with Crippen LogP contribution < -0.4 is 4.72 Å². The molecule has 0 radical (unpaired) electrons. The van der Waals surface area contributed by atoms with E-state index in [-0.39, 0.29) is 6.04 Å². The van der Waals surface area contributed by atoms with E-state index in [0.29, 0.717) is 18.8 Å². The highest BCUT2D eigenvalue weighted by Gasteiger charge is 2.41. The van der Waals surface area contributed by atoms with Gasteiger partial charge in [0, 0.05) is 6.04 Å². The second kappa shape index (κ2) is 4.33. The molecular formula is C9H16F3NOS. The van der Waals surface area contributed by atoms with Gasteiger partial charge in [0.2, 0.25) is 0 Å². The van der Waals surface area contributed by atoms with Gasteiger partial charge in [-0.2, -0.15) is 13.2 Å². The van der Waals surface area contributed by atoms with Crippen molar-refractivity contribution in [1.82, 2.24) is 4.72 Å². The van der Waals surface area contributed by atoms with Crippen molar-refractivity contribution in [2.45, 2.75) is 44.2 Å². The molecule has 1 rings (SSSR count). The summed E-state index contributed by atoms with van der Waals surface area (Å²) < 4.78 is 50.2. The summed E-state index contributed by atoms with van der Waals surface area (Å²) in [5.74, 6) is 3.30. The van der Waals surface area contributed by atoms with Crippen molar-refractivity contribution in [2.75, 3.05) is 0 Å². The zero-order chi connectivity index (χ0) is 11.7. The molecule has 0 amide bonds. The van der Waals surface area contributed by atoms with E-state index in [0.717, 1.165) is 12.8 Å². The average Bonchev–Trinajstić information content (AvgIpc) is 2.06. The van der Waals surface area contributed by atoms with Crippen molar-refractivity contribution in [3.63, 3.8) is 0 Å². The van der Waals surface area contributed by atoms with Crippen molar-refractivity contribution in [3.05, 3.63) is 0 Å². The second-order valence-corrected chi connectivity index (χ2v) is 6.24. The molecule has 2 nitrogen and oxygen atoms in total. The summed E-state index contributed by atoms with van der Waals surface area (Å²) in [6, 6.07) is -0.312. The molecule has 1 aliphatic rings. The Labute approximate surface area is 88.4 Å². The minimum atomic E-state index is -4.75. The smallest absolute Gasteiger partial charge is 0.244 e. The summed E-state index contributed by atoms with van der Waals surface area (Å²) in [5.41, 5.74) is -4.75. The van der Waals surface area contributed by atoms with E-state index in [1.165, 1.54) is 0 Å². The Balaban J connectivity index is 2.56. The molecular weight excluding hydrogens is 227 g/mol. The maximum absolute atomic E-state index is 12.3. The minimum absolute atomic E-state index is 0.312. The van der Waals surface area contributed by atoms with Crippen LogP contribution in [0.3, 0.4) is 0 Å². The maximum atomic E-state index is 12.3. The number of nitrogens with one attached hydrogen (secondary N) is 1. The second-order valence-electron chi connectivity index (χ2n) is 4.20. The SMILES string of the molecule is C=S(=O)(NC1CCC(C)CC1)C(F)(F)F. The maximum Gasteiger partial charge on any atom is 0.476 e. The third kappa shape index (κ3) is 3.38. The molecule has 0 aromatic heterocycles. The monoisotopic (exact) mass is 243 g/mol. The molecule has 1 saturated carbocycles. The molecule has 1 atom stereocenters. The first-order valence-electron chi connectivity index (χ1n) is 4.93. The van der Waals surface area contributed by atoms with Gasteiger partial charge in [0.25, 0.3) is 0 Å². The van der Waals surface area contributed by atoms with Crippen LogP contribution in [-0.4, -0.2) is 21.6 Å². The quantitative estimate of drug-likeness (QED) is 0.741. The lowest BCUT2D eigenvalue weighted by atomic mass is 9.88. The number of alkyl halides is 3. The first-order valence-corrected chi connectivity index (χ1v) is 6.66. The Bertz CT molecular complexity index is 302. The Morgan fingerprint density at radius 1 is 1.27 bits per heavy atom. The van der Waals surface area contributed by atoms with Gasteiger partial charge < -0.3 is 0 Å². The number of hydrogen-bond donors (Lipinski definition) is 1. The number of rotatable bonds is 2. The van der Waals surface area contributed by atoms with E-state index < -0.39 is 15.2 Å². The third-order valence-corrected chi connectivity index (χ3v) is 4.21. The van der Waals surface area contributed by atoms with Crippen LogP contribution in [0.5, 0.6) is 0 Å². The first kappa shape index (κ1) is 12.8. The van der Waals surface area contributed by atoms with Crippen LogP contribution in [0.15, 0.2) is 0 Å². The number of hydrogen-bond acceptors (Lipinski definition) is 1. The molecule has 1 aliphatic carbocycles. The van der Waals surface area contributed by atoms with Crippen LogP contribution in [0.1, 0.15) is 32.6 Å². The highest BCUT2D eigenvalue weighted by molar-refractivity contribution is 7.99. The van der Waals surface area contributed by atoms with Gasteiger partial charge in [0.15, 0.2) is 0 Å². The molecule has 15 heavy (non-hydrogen) atoms. The molecule has 0 aliphatic heterocycles. The lowest BCUT2D eigenvalue weighted by molar-refractivity contribution is -0.0406. The fourth-order valence-corrected chi connectivity index (χ4v) is 2.62. The Hall–Kier alpha value is -0.230. The summed E-state index contributed by atoms with van der Waals surface area (Å²) in [6.07, 6.45) is 3.05. The average molecular weight is 243 g/mol. The van der Waals surface area contributed by atoms with Crippen LogP contribution in [0.25, 0.3) is 0 Å². The van der Waals surface area contributed by atoms with E-state index >= 15 is 0 Å². The third-order valence-electron chi connectivity index (χ3n) is 2.75. The largest absolute Gasteiger partial charge is 0.476 e. The molecule has 90 valence electrons. The van der Waals surface area contributed by atoms with Crippen LogP contribution in [0, 0.1) is 5.92 Å². The topological polar surface area (TPSA) is 29.1 Å². The van der Waals surface area contributed by atoms with E-state index in [1.54, 1.807) is 0 Å². The Morgan fingerprint density at radius 2 is 1.73 bits per heavy atom. The highest BCUT2D eigenvalue weighted by Crippen LogP contribution is 2.27. The zero-order valence-corrected chi connectivity index (χ0v) is 9.46. The van der Waals surface area contributed by atoms with Crippen molar-refractivity contribution in [3.8, 4) is 0 Å². The fraction of sp³-hybridized carbons (Fsp3) is 0.889. The van der Waals surface area contributed by atoms with Crippen molar-refractivity contribution < 1.29 is 17.4 Å². The summed E-state index contributed by atoms with van der Waals surface area (Å²) in [6.45, 7) is 2.07. The lowest BCUT2D eigenvalue weighted by Crippen LogP contribution is -2.43. The van der Waals surface area contributed by atoms with Crippen molar-refractivity contribution >= 4 is 15.6 Å². The van der Waals surface area contributed by atoms with E-state index in [1.807, 2.05) is 0 Å². The molecule has 6 heteroatoms. The summed E-state index contributed by atoms with van der Waals surface area (Å²) in [4.78, 5) is 0. The molecule has 1 N–H and O–H groups in total. The van der Waals surface area contributed by atoms with Gasteiger partial charge in [-0.25, -0.2) is 8.93 Å². The molecule has 0 heterocycles. The van der Waals surface area contributed by atoms with Crippen LogP contribution in [0.2, 0.25) is 0 Å². The Kier molecular flexibility index (Phi) is 3.71. The first-order chi connectivity index (χ1) is 6.72. The minimum Gasteiger partial charge on any atom is -0.244 e. The van der Waals surface area contributed by atoms with E-state index in [9.17, 15) is 17.4 Å². The normalized spacial score (nSPS) is 32.3. The lowest BCUT2D eigenvalue weighted by Gasteiger charge is -2.28. The van der Waals surface area contributed by atoms with Gasteiger partial charge >= 0.3 is 5.51 Å². The predicted octanol–water partition coefficient (Wildman–Crippen LogP) is 2.31. The van der Waals surface area contributed by atoms with Gasteiger partial charge in [-0.05, 0) is 37.5 Å². The standard InChI is InChI=1S/C9H16F3NOS/c1-7-3-5-8(6-4-7)13-15(2,14)9(10,11)12/h7-8H,2-6H2,1H3,(H,13,14). The molecule has 1 fully saturated rings. The molecule has 0 aromatic carbocycles. The molecule has 0 aromatic rings. The van der Waals surface area contributed by atoms with E-state index in [4.69, 9.17) is 0 Å². The highest BCUT2D eigenvalue weighted by atomic mass is 32.2. The van der Waals surface area contributed by atoms with Gasteiger partial charge in [-0.3, -0.25) is 0 Å². The zero-order valence-electron chi connectivity index (χ0n) is 8.64. The molecule has 0 spiro atoms. The van der Waals surface area contributed by atoms with Crippen LogP contribution >= 0.6 is 0 Å². The molecule has 1 unspecified atom stereocenters. The van der Waals surface area contributed by atoms with E-state index in [2.05, 4.69) is 17.5 Å². The predicted molar refractivity (Wildman–Crippen MR) is 55.9 cm³/mol. The van der Waals surface area contributed by atoms with Crippen molar-refractivity contribution in [1.29, 1.82) is 0 Å².